The molecule has 0 aliphatic carbocycles. The number of amides is 2. The molecule has 0 saturated carbocycles. The maximum absolute atomic E-state index is 13.2. The molecule has 32 heavy (non-hydrogen) atoms. The fraction of sp³-hybridized carbons (Fsp3) is 0.682. The van der Waals surface area contributed by atoms with Gasteiger partial charge in [-0.3, -0.25) is 9.59 Å². The highest BCUT2D eigenvalue weighted by Gasteiger charge is 2.53. The van der Waals surface area contributed by atoms with Gasteiger partial charge in [0.2, 0.25) is 17.7 Å². The van der Waals surface area contributed by atoms with Crippen LogP contribution in [0.15, 0.2) is 16.9 Å². The van der Waals surface area contributed by atoms with Gasteiger partial charge in [0, 0.05) is 64.7 Å². The van der Waals surface area contributed by atoms with Gasteiger partial charge in [0.15, 0.2) is 0 Å². The molecule has 0 aromatic carbocycles. The monoisotopic (exact) mass is 442 g/mol. The van der Waals surface area contributed by atoms with Crippen molar-refractivity contribution in [1.82, 2.24) is 29.5 Å². The summed E-state index contributed by atoms with van der Waals surface area (Å²) in [5.41, 5.74) is 0.384. The quantitative estimate of drug-likeness (QED) is 0.707. The second kappa shape index (κ2) is 8.31. The summed E-state index contributed by atoms with van der Waals surface area (Å²) in [6.07, 6.45) is 6.47. The van der Waals surface area contributed by atoms with Crippen molar-refractivity contribution >= 4 is 11.8 Å². The Kier molecular flexibility index (Phi) is 5.48. The van der Waals surface area contributed by atoms with Crippen LogP contribution in [0.3, 0.4) is 0 Å². The zero-order valence-electron chi connectivity index (χ0n) is 18.7. The molecule has 0 N–H and O–H groups in total. The Morgan fingerprint density at radius 3 is 2.50 bits per heavy atom. The summed E-state index contributed by atoms with van der Waals surface area (Å²) >= 11 is 0. The number of hydrogen-bond donors (Lipinski definition) is 0. The molecule has 3 aliphatic heterocycles. The Hall–Kier alpha value is -2.75. The molecule has 3 saturated heterocycles. The minimum Gasteiger partial charge on any atom is -0.425 e. The van der Waals surface area contributed by atoms with E-state index < -0.39 is 0 Å². The zero-order valence-corrected chi connectivity index (χ0v) is 18.7. The van der Waals surface area contributed by atoms with Gasteiger partial charge in [-0.25, -0.2) is 4.98 Å². The van der Waals surface area contributed by atoms with Crippen LogP contribution in [0.4, 0.5) is 0 Å². The first-order valence-corrected chi connectivity index (χ1v) is 11.4. The lowest BCUT2D eigenvalue weighted by molar-refractivity contribution is -0.141. The first-order chi connectivity index (χ1) is 15.5. The molecule has 5 heterocycles. The second-order valence-corrected chi connectivity index (χ2v) is 9.36. The lowest BCUT2D eigenvalue weighted by atomic mass is 9.70. The Morgan fingerprint density at radius 2 is 1.88 bits per heavy atom. The van der Waals surface area contributed by atoms with Crippen LogP contribution in [0.5, 0.6) is 0 Å². The maximum Gasteiger partial charge on any atom is 0.272 e. The summed E-state index contributed by atoms with van der Waals surface area (Å²) in [6, 6.07) is 0. The van der Waals surface area contributed by atoms with Crippen LogP contribution in [-0.4, -0.2) is 80.8 Å². The number of aromatic nitrogens is 4. The summed E-state index contributed by atoms with van der Waals surface area (Å²) in [6.45, 7) is 5.63. The molecule has 1 spiro atoms. The minimum absolute atomic E-state index is 0.0381. The first kappa shape index (κ1) is 21.1. The van der Waals surface area contributed by atoms with Crippen LogP contribution in [-0.2, 0) is 16.6 Å². The van der Waals surface area contributed by atoms with Gasteiger partial charge in [0.25, 0.3) is 5.91 Å². The van der Waals surface area contributed by atoms with E-state index in [1.807, 2.05) is 16.8 Å². The zero-order chi connectivity index (χ0) is 22.3. The Bertz CT molecular complexity index is 986. The average molecular weight is 443 g/mol. The highest BCUT2D eigenvalue weighted by atomic mass is 16.5. The van der Waals surface area contributed by atoms with Crippen LogP contribution in [0, 0.1) is 18.3 Å². The van der Waals surface area contributed by atoms with Crippen molar-refractivity contribution < 1.29 is 18.7 Å². The van der Waals surface area contributed by atoms with Crippen LogP contribution in [0.1, 0.15) is 53.9 Å². The third-order valence-electron chi connectivity index (χ3n) is 7.45. The van der Waals surface area contributed by atoms with Crippen molar-refractivity contribution in [2.24, 2.45) is 18.4 Å². The molecule has 2 amide bonds. The molecule has 3 fully saturated rings. The number of ether oxygens (including phenoxy) is 1. The Labute approximate surface area is 186 Å². The van der Waals surface area contributed by atoms with Crippen molar-refractivity contribution in [3.8, 4) is 0 Å². The van der Waals surface area contributed by atoms with Gasteiger partial charge in [-0.05, 0) is 25.7 Å². The van der Waals surface area contributed by atoms with Crippen LogP contribution in [0.2, 0.25) is 0 Å². The molecular weight excluding hydrogens is 412 g/mol. The SMILES string of the molecule is Cc1nnc(C2CN(C(=O)c3cncn3C)CC23CCN(C(=O)C2CCOCC2)CC3)o1. The highest BCUT2D eigenvalue weighted by Crippen LogP contribution is 2.50. The van der Waals surface area contributed by atoms with Gasteiger partial charge < -0.3 is 23.5 Å². The number of imidazole rings is 1. The second-order valence-electron chi connectivity index (χ2n) is 9.36. The summed E-state index contributed by atoms with van der Waals surface area (Å²) in [7, 11) is 1.82. The van der Waals surface area contributed by atoms with Gasteiger partial charge in [0.05, 0.1) is 18.4 Å². The standard InChI is InChI=1S/C22H30N6O4/c1-15-24-25-19(32-15)17-12-28(21(30)18-11-23-14-26(18)2)13-22(17)5-7-27(8-6-22)20(29)16-3-9-31-10-4-16/h11,14,16-17H,3-10,12-13H2,1-2H3. The topological polar surface area (TPSA) is 107 Å². The van der Waals surface area contributed by atoms with E-state index in [4.69, 9.17) is 9.15 Å². The number of aryl methyl sites for hydroxylation is 2. The van der Waals surface area contributed by atoms with Crippen LogP contribution >= 0.6 is 0 Å². The minimum atomic E-state index is -0.181. The predicted molar refractivity (Wildman–Crippen MR) is 113 cm³/mol. The van der Waals surface area contributed by atoms with E-state index in [1.165, 1.54) is 0 Å². The van der Waals surface area contributed by atoms with Gasteiger partial charge in [-0.2, -0.15) is 0 Å². The van der Waals surface area contributed by atoms with Crippen LogP contribution < -0.4 is 0 Å². The number of nitrogens with zero attached hydrogens (tertiary/aromatic N) is 6. The van der Waals surface area contributed by atoms with Crippen molar-refractivity contribution in [3.05, 3.63) is 30.0 Å². The predicted octanol–water partition coefficient (Wildman–Crippen LogP) is 1.39. The molecule has 0 radical (unpaired) electrons. The largest absolute Gasteiger partial charge is 0.425 e. The fourth-order valence-electron chi connectivity index (χ4n) is 5.52. The van der Waals surface area contributed by atoms with E-state index in [-0.39, 0.29) is 29.1 Å². The molecule has 0 bridgehead atoms. The number of likely N-dealkylation sites (tertiary alicyclic amines) is 2. The van der Waals surface area contributed by atoms with Crippen molar-refractivity contribution in [2.45, 2.75) is 38.5 Å². The summed E-state index contributed by atoms with van der Waals surface area (Å²) in [5.74, 6) is 1.35. The lowest BCUT2D eigenvalue weighted by Gasteiger charge is -2.42. The van der Waals surface area contributed by atoms with Gasteiger partial charge in [-0.15, -0.1) is 10.2 Å². The molecule has 3 aliphatic rings. The van der Waals surface area contributed by atoms with Gasteiger partial charge in [0.1, 0.15) is 5.69 Å². The molecule has 2 aromatic rings. The van der Waals surface area contributed by atoms with E-state index in [9.17, 15) is 9.59 Å². The van der Waals surface area contributed by atoms with E-state index in [0.29, 0.717) is 56.9 Å². The molecule has 5 rings (SSSR count). The van der Waals surface area contributed by atoms with Crippen molar-refractivity contribution in [3.63, 3.8) is 0 Å². The van der Waals surface area contributed by atoms with E-state index >= 15 is 0 Å². The smallest absolute Gasteiger partial charge is 0.272 e. The Morgan fingerprint density at radius 1 is 1.12 bits per heavy atom. The summed E-state index contributed by atoms with van der Waals surface area (Å²) < 4.78 is 13.0. The lowest BCUT2D eigenvalue weighted by Crippen LogP contribution is -2.48. The van der Waals surface area contributed by atoms with Crippen LogP contribution in [0.25, 0.3) is 0 Å². The summed E-state index contributed by atoms with van der Waals surface area (Å²) in [5, 5.41) is 8.35. The normalized spacial score (nSPS) is 23.8. The molecule has 2 aromatic heterocycles. The molecular formula is C22H30N6O4. The first-order valence-electron chi connectivity index (χ1n) is 11.4. The molecule has 1 unspecified atom stereocenters. The van der Waals surface area contributed by atoms with E-state index in [2.05, 4.69) is 15.2 Å². The highest BCUT2D eigenvalue weighted by molar-refractivity contribution is 5.92. The molecule has 10 heteroatoms. The maximum atomic E-state index is 13.2. The number of carbonyl (C=O) groups excluding carboxylic acids is 2. The molecule has 10 nitrogen and oxygen atoms in total. The van der Waals surface area contributed by atoms with Crippen molar-refractivity contribution in [1.29, 1.82) is 0 Å². The van der Waals surface area contributed by atoms with Crippen molar-refractivity contribution in [2.75, 3.05) is 39.4 Å². The third kappa shape index (κ3) is 3.70. The fourth-order valence-corrected chi connectivity index (χ4v) is 5.52. The van der Waals surface area contributed by atoms with Gasteiger partial charge >= 0.3 is 0 Å². The average Bonchev–Trinajstić information content (AvgIpc) is 3.53. The number of piperidine rings is 1. The summed E-state index contributed by atoms with van der Waals surface area (Å²) in [4.78, 5) is 34.3. The number of rotatable bonds is 3. The third-order valence-corrected chi connectivity index (χ3v) is 7.45. The van der Waals surface area contributed by atoms with Gasteiger partial charge in [-0.1, -0.05) is 0 Å². The van der Waals surface area contributed by atoms with E-state index in [1.54, 1.807) is 24.0 Å². The molecule has 172 valence electrons. The Balaban J connectivity index is 1.35. The number of hydrogen-bond acceptors (Lipinski definition) is 7. The number of carbonyl (C=O) groups is 2. The van der Waals surface area contributed by atoms with E-state index in [0.717, 1.165) is 25.7 Å². The molecule has 1 atom stereocenters.